The fourth-order valence-electron chi connectivity index (χ4n) is 2.03. The first kappa shape index (κ1) is 15.9. The monoisotopic (exact) mass is 350 g/mol. The Bertz CT molecular complexity index is 880. The molecule has 0 saturated heterocycles. The standard InChI is InChI=1S/C16H12F2N2OS2/c1-9-19-14-5-2-10(6-15(14)23-9)20-16(21)8-22-11-3-4-12(17)13(18)7-11/h2-7H,8H2,1H3,(H,20,21). The lowest BCUT2D eigenvalue weighted by molar-refractivity contribution is -0.113. The molecule has 118 valence electrons. The molecule has 3 rings (SSSR count). The summed E-state index contributed by atoms with van der Waals surface area (Å²) in [5.41, 5.74) is 1.60. The number of fused-ring (bicyclic) bond motifs is 1. The summed E-state index contributed by atoms with van der Waals surface area (Å²) in [5.74, 6) is -1.90. The van der Waals surface area contributed by atoms with E-state index in [1.165, 1.54) is 6.07 Å². The number of anilines is 1. The van der Waals surface area contributed by atoms with Crippen molar-refractivity contribution in [1.82, 2.24) is 4.98 Å². The van der Waals surface area contributed by atoms with Gasteiger partial charge in [0.05, 0.1) is 21.0 Å². The molecule has 0 saturated carbocycles. The molecule has 0 fully saturated rings. The molecular formula is C16H12F2N2OS2. The van der Waals surface area contributed by atoms with E-state index in [1.807, 2.05) is 19.1 Å². The van der Waals surface area contributed by atoms with E-state index in [0.717, 1.165) is 39.1 Å². The van der Waals surface area contributed by atoms with Gasteiger partial charge in [-0.25, -0.2) is 13.8 Å². The molecule has 1 amide bonds. The largest absolute Gasteiger partial charge is 0.325 e. The molecule has 1 aromatic heterocycles. The number of halogens is 2. The van der Waals surface area contributed by atoms with Gasteiger partial charge in [-0.1, -0.05) is 0 Å². The van der Waals surface area contributed by atoms with Gasteiger partial charge in [-0.05, 0) is 43.3 Å². The summed E-state index contributed by atoms with van der Waals surface area (Å²) in [4.78, 5) is 16.8. The molecule has 0 aliphatic rings. The maximum absolute atomic E-state index is 13.1. The van der Waals surface area contributed by atoms with Gasteiger partial charge in [-0.2, -0.15) is 0 Å². The summed E-state index contributed by atoms with van der Waals surface area (Å²) in [5, 5.41) is 3.76. The Hall–Kier alpha value is -1.99. The summed E-state index contributed by atoms with van der Waals surface area (Å²) in [7, 11) is 0. The molecule has 3 nitrogen and oxygen atoms in total. The van der Waals surface area contributed by atoms with E-state index in [9.17, 15) is 13.6 Å². The smallest absolute Gasteiger partial charge is 0.234 e. The molecule has 1 N–H and O–H groups in total. The van der Waals surface area contributed by atoms with Crippen LogP contribution in [0.15, 0.2) is 41.3 Å². The molecule has 3 aromatic rings. The minimum Gasteiger partial charge on any atom is -0.325 e. The number of benzene rings is 2. The van der Waals surface area contributed by atoms with E-state index >= 15 is 0 Å². The fraction of sp³-hybridized carbons (Fsp3) is 0.125. The number of thioether (sulfide) groups is 1. The summed E-state index contributed by atoms with van der Waals surface area (Å²) in [6.45, 7) is 1.93. The van der Waals surface area contributed by atoms with Gasteiger partial charge in [0.1, 0.15) is 0 Å². The Balaban J connectivity index is 1.62. The zero-order valence-corrected chi connectivity index (χ0v) is 13.7. The van der Waals surface area contributed by atoms with Crippen molar-refractivity contribution in [3.63, 3.8) is 0 Å². The average Bonchev–Trinajstić information content (AvgIpc) is 2.88. The lowest BCUT2D eigenvalue weighted by Gasteiger charge is -2.05. The molecule has 0 radical (unpaired) electrons. The van der Waals surface area contributed by atoms with Crippen molar-refractivity contribution in [2.45, 2.75) is 11.8 Å². The number of carbonyl (C=O) groups is 1. The second kappa shape index (κ2) is 6.64. The topological polar surface area (TPSA) is 42.0 Å². The van der Waals surface area contributed by atoms with E-state index < -0.39 is 11.6 Å². The molecule has 2 aromatic carbocycles. The third kappa shape index (κ3) is 3.86. The van der Waals surface area contributed by atoms with Crippen LogP contribution in [-0.2, 0) is 4.79 Å². The normalized spacial score (nSPS) is 10.9. The summed E-state index contributed by atoms with van der Waals surface area (Å²) in [6, 6.07) is 9.11. The number of aryl methyl sites for hydroxylation is 1. The predicted molar refractivity (Wildman–Crippen MR) is 90.1 cm³/mol. The zero-order chi connectivity index (χ0) is 16.4. The Morgan fingerprint density at radius 2 is 2.04 bits per heavy atom. The maximum Gasteiger partial charge on any atom is 0.234 e. The van der Waals surface area contributed by atoms with Gasteiger partial charge in [0.15, 0.2) is 11.6 Å². The van der Waals surface area contributed by atoms with Gasteiger partial charge >= 0.3 is 0 Å². The molecule has 0 spiro atoms. The highest BCUT2D eigenvalue weighted by Gasteiger charge is 2.08. The zero-order valence-electron chi connectivity index (χ0n) is 12.1. The highest BCUT2D eigenvalue weighted by Crippen LogP contribution is 2.25. The molecular weight excluding hydrogens is 338 g/mol. The van der Waals surface area contributed by atoms with E-state index in [1.54, 1.807) is 17.4 Å². The number of thiazole rings is 1. The van der Waals surface area contributed by atoms with Gasteiger partial charge in [0, 0.05) is 10.6 Å². The van der Waals surface area contributed by atoms with Crippen molar-refractivity contribution < 1.29 is 13.6 Å². The van der Waals surface area contributed by atoms with Crippen LogP contribution in [0.1, 0.15) is 5.01 Å². The quantitative estimate of drug-likeness (QED) is 0.699. The third-order valence-electron chi connectivity index (χ3n) is 3.04. The van der Waals surface area contributed by atoms with Crippen molar-refractivity contribution in [1.29, 1.82) is 0 Å². The summed E-state index contributed by atoms with van der Waals surface area (Å²) >= 11 is 2.71. The van der Waals surface area contributed by atoms with Crippen LogP contribution in [0.3, 0.4) is 0 Å². The van der Waals surface area contributed by atoms with E-state index in [4.69, 9.17) is 0 Å². The minimum absolute atomic E-state index is 0.116. The highest BCUT2D eigenvalue weighted by atomic mass is 32.2. The predicted octanol–water partition coefficient (Wildman–Crippen LogP) is 4.61. The van der Waals surface area contributed by atoms with Crippen LogP contribution in [0, 0.1) is 18.6 Å². The van der Waals surface area contributed by atoms with Gasteiger partial charge in [-0.15, -0.1) is 23.1 Å². The van der Waals surface area contributed by atoms with Gasteiger partial charge in [0.2, 0.25) is 5.91 Å². The number of nitrogens with zero attached hydrogens (tertiary/aromatic N) is 1. The van der Waals surface area contributed by atoms with Crippen LogP contribution >= 0.6 is 23.1 Å². The van der Waals surface area contributed by atoms with Crippen LogP contribution in [0.2, 0.25) is 0 Å². The Labute approximate surface area is 139 Å². The fourth-order valence-corrected chi connectivity index (χ4v) is 3.62. The van der Waals surface area contributed by atoms with E-state index in [2.05, 4.69) is 10.3 Å². The van der Waals surface area contributed by atoms with E-state index in [0.29, 0.717) is 10.6 Å². The van der Waals surface area contributed by atoms with Crippen molar-refractivity contribution in [3.8, 4) is 0 Å². The van der Waals surface area contributed by atoms with Crippen LogP contribution in [-0.4, -0.2) is 16.6 Å². The SMILES string of the molecule is Cc1nc2ccc(NC(=O)CSc3ccc(F)c(F)c3)cc2s1. The molecule has 0 bridgehead atoms. The number of nitrogens with one attached hydrogen (secondary N) is 1. The van der Waals surface area contributed by atoms with Crippen LogP contribution in [0.25, 0.3) is 10.2 Å². The molecule has 0 aliphatic heterocycles. The van der Waals surface area contributed by atoms with Gasteiger partial charge < -0.3 is 5.32 Å². The maximum atomic E-state index is 13.1. The van der Waals surface area contributed by atoms with Crippen LogP contribution in [0.5, 0.6) is 0 Å². The van der Waals surface area contributed by atoms with Crippen LogP contribution < -0.4 is 5.32 Å². The van der Waals surface area contributed by atoms with Gasteiger partial charge in [0.25, 0.3) is 0 Å². The Morgan fingerprint density at radius 1 is 1.22 bits per heavy atom. The van der Waals surface area contributed by atoms with Crippen molar-refractivity contribution >= 4 is 44.9 Å². The third-order valence-corrected chi connectivity index (χ3v) is 4.97. The molecule has 0 unspecified atom stereocenters. The number of aromatic nitrogens is 1. The number of rotatable bonds is 4. The molecule has 7 heteroatoms. The van der Waals surface area contributed by atoms with Gasteiger partial charge in [-0.3, -0.25) is 4.79 Å². The minimum atomic E-state index is -0.915. The number of amides is 1. The lowest BCUT2D eigenvalue weighted by Crippen LogP contribution is -2.13. The second-order valence-corrected chi connectivity index (χ2v) is 7.11. The molecule has 1 heterocycles. The molecule has 23 heavy (non-hydrogen) atoms. The number of carbonyl (C=O) groups excluding carboxylic acids is 1. The lowest BCUT2D eigenvalue weighted by atomic mass is 10.3. The second-order valence-electron chi connectivity index (χ2n) is 4.83. The average molecular weight is 350 g/mol. The van der Waals surface area contributed by atoms with E-state index in [-0.39, 0.29) is 11.7 Å². The Kier molecular flexibility index (Phi) is 4.58. The molecule has 0 aliphatic carbocycles. The summed E-state index contributed by atoms with van der Waals surface area (Å²) in [6.07, 6.45) is 0. The number of hydrogen-bond donors (Lipinski definition) is 1. The van der Waals surface area contributed by atoms with Crippen molar-refractivity contribution in [2.75, 3.05) is 11.1 Å². The first-order chi connectivity index (χ1) is 11.0. The first-order valence-corrected chi connectivity index (χ1v) is 8.56. The first-order valence-electron chi connectivity index (χ1n) is 6.76. The summed E-state index contributed by atoms with van der Waals surface area (Å²) < 4.78 is 27.0. The highest BCUT2D eigenvalue weighted by molar-refractivity contribution is 8.00. The molecule has 0 atom stereocenters. The Morgan fingerprint density at radius 3 is 2.83 bits per heavy atom. The van der Waals surface area contributed by atoms with Crippen molar-refractivity contribution in [2.24, 2.45) is 0 Å². The number of hydrogen-bond acceptors (Lipinski definition) is 4. The van der Waals surface area contributed by atoms with Crippen molar-refractivity contribution in [3.05, 3.63) is 53.0 Å². The van der Waals surface area contributed by atoms with Crippen LogP contribution in [0.4, 0.5) is 14.5 Å².